The maximum atomic E-state index is 9.99. The van der Waals surface area contributed by atoms with Crippen LogP contribution in [0, 0.1) is 0 Å². The van der Waals surface area contributed by atoms with Gasteiger partial charge in [0.1, 0.15) is 5.75 Å². The van der Waals surface area contributed by atoms with Gasteiger partial charge in [0.05, 0.1) is 8.94 Å². The van der Waals surface area contributed by atoms with Crippen LogP contribution in [0.3, 0.4) is 0 Å². The first-order valence-corrected chi connectivity index (χ1v) is 5.67. The van der Waals surface area contributed by atoms with Crippen LogP contribution >= 0.6 is 0 Å². The molecular formula is C14H18N2O. The molecule has 0 radical (unpaired) electrons. The van der Waals surface area contributed by atoms with Gasteiger partial charge in [0.15, 0.2) is 0 Å². The normalized spacial score (nSPS) is 13.6. The lowest BCUT2D eigenvalue weighted by atomic mass is 9.99. The second-order valence-electron chi connectivity index (χ2n) is 4.33. The van der Waals surface area contributed by atoms with E-state index in [-0.39, 0.29) is 11.7 Å². The molecule has 0 aliphatic carbocycles. The third-order valence-electron chi connectivity index (χ3n) is 2.80. The van der Waals surface area contributed by atoms with Gasteiger partial charge in [-0.3, -0.25) is 4.68 Å². The van der Waals surface area contributed by atoms with Gasteiger partial charge in [-0.1, -0.05) is 26.0 Å². The predicted molar refractivity (Wildman–Crippen MR) is 69.1 cm³/mol. The SMILES string of the molecule is [2H]C([2H])(C)n1cc(-c2ccc(C(C)C)c(O)c2)cn1. The van der Waals surface area contributed by atoms with Crippen molar-refractivity contribution in [1.82, 2.24) is 9.78 Å². The number of benzene rings is 1. The smallest absolute Gasteiger partial charge is 0.119 e. The highest BCUT2D eigenvalue weighted by atomic mass is 16.3. The first-order chi connectivity index (χ1) is 8.79. The van der Waals surface area contributed by atoms with Crippen LogP contribution in [0.25, 0.3) is 11.1 Å². The molecule has 1 heterocycles. The summed E-state index contributed by atoms with van der Waals surface area (Å²) in [4.78, 5) is 0. The molecule has 0 atom stereocenters. The summed E-state index contributed by atoms with van der Waals surface area (Å²) in [7, 11) is 0. The second kappa shape index (κ2) is 4.62. The summed E-state index contributed by atoms with van der Waals surface area (Å²) >= 11 is 0. The largest absolute Gasteiger partial charge is 0.508 e. The fourth-order valence-electron chi connectivity index (χ4n) is 1.81. The van der Waals surface area contributed by atoms with Gasteiger partial charge in [-0.2, -0.15) is 5.10 Å². The van der Waals surface area contributed by atoms with Crippen molar-refractivity contribution in [3.63, 3.8) is 0 Å². The van der Waals surface area contributed by atoms with Crippen molar-refractivity contribution in [3.05, 3.63) is 36.2 Å². The number of phenolic OH excluding ortho intramolecular Hbond substituents is 1. The van der Waals surface area contributed by atoms with Gasteiger partial charge < -0.3 is 5.11 Å². The molecule has 0 aliphatic heterocycles. The Labute approximate surface area is 105 Å². The zero-order valence-corrected chi connectivity index (χ0v) is 10.3. The van der Waals surface area contributed by atoms with Crippen molar-refractivity contribution in [2.45, 2.75) is 33.2 Å². The van der Waals surface area contributed by atoms with E-state index >= 15 is 0 Å². The Morgan fingerprint density at radius 2 is 2.18 bits per heavy atom. The van der Waals surface area contributed by atoms with Gasteiger partial charge in [-0.25, -0.2) is 0 Å². The monoisotopic (exact) mass is 232 g/mol. The Kier molecular flexibility index (Phi) is 2.52. The van der Waals surface area contributed by atoms with Crippen LogP contribution in [0.15, 0.2) is 30.6 Å². The molecule has 1 N–H and O–H groups in total. The van der Waals surface area contributed by atoms with Gasteiger partial charge >= 0.3 is 0 Å². The molecule has 0 fully saturated rings. The quantitative estimate of drug-likeness (QED) is 0.880. The Bertz CT molecular complexity index is 585. The van der Waals surface area contributed by atoms with Crippen LogP contribution in [0.4, 0.5) is 0 Å². The molecule has 1 aromatic heterocycles. The van der Waals surface area contributed by atoms with Crippen molar-refractivity contribution in [1.29, 1.82) is 0 Å². The predicted octanol–water partition coefficient (Wildman–Crippen LogP) is 3.40. The van der Waals surface area contributed by atoms with E-state index in [0.29, 0.717) is 0 Å². The van der Waals surface area contributed by atoms with Crippen LogP contribution in [0.5, 0.6) is 5.75 Å². The summed E-state index contributed by atoms with van der Waals surface area (Å²) < 4.78 is 16.5. The first-order valence-electron chi connectivity index (χ1n) is 6.67. The number of aromatic nitrogens is 2. The number of aryl methyl sites for hydroxylation is 1. The molecule has 0 spiro atoms. The summed E-state index contributed by atoms with van der Waals surface area (Å²) in [5.41, 5.74) is 2.52. The lowest BCUT2D eigenvalue weighted by molar-refractivity contribution is 0.465. The highest BCUT2D eigenvalue weighted by Gasteiger charge is 2.08. The average molecular weight is 232 g/mol. The number of rotatable bonds is 3. The molecule has 0 saturated carbocycles. The zero-order chi connectivity index (χ0) is 14.2. The van der Waals surface area contributed by atoms with E-state index in [1.54, 1.807) is 18.5 Å². The van der Waals surface area contributed by atoms with Crippen LogP contribution in [-0.2, 0) is 6.50 Å². The highest BCUT2D eigenvalue weighted by Crippen LogP contribution is 2.30. The molecule has 2 aromatic rings. The van der Waals surface area contributed by atoms with Crippen LogP contribution < -0.4 is 0 Å². The summed E-state index contributed by atoms with van der Waals surface area (Å²) in [6, 6.07) is 5.51. The third kappa shape index (κ3) is 2.33. The Balaban J connectivity index is 2.38. The molecule has 1 aromatic carbocycles. The molecule has 0 aliphatic rings. The van der Waals surface area contributed by atoms with Gasteiger partial charge in [-0.05, 0) is 30.0 Å². The van der Waals surface area contributed by atoms with E-state index in [1.807, 2.05) is 26.0 Å². The molecule has 17 heavy (non-hydrogen) atoms. The molecule has 90 valence electrons. The first kappa shape index (κ1) is 9.28. The third-order valence-corrected chi connectivity index (χ3v) is 2.80. The molecule has 0 unspecified atom stereocenters. The van der Waals surface area contributed by atoms with Crippen molar-refractivity contribution in [3.8, 4) is 16.9 Å². The van der Waals surface area contributed by atoms with Crippen molar-refractivity contribution < 1.29 is 7.85 Å². The summed E-state index contributed by atoms with van der Waals surface area (Å²) in [5.74, 6) is 0.529. The number of aromatic hydroxyl groups is 1. The fourth-order valence-corrected chi connectivity index (χ4v) is 1.81. The minimum absolute atomic E-state index is 0.264. The Morgan fingerprint density at radius 3 is 2.71 bits per heavy atom. The number of nitrogens with zero attached hydrogens (tertiary/aromatic N) is 2. The van der Waals surface area contributed by atoms with E-state index in [0.717, 1.165) is 16.7 Å². The minimum Gasteiger partial charge on any atom is -0.508 e. The molecular weight excluding hydrogens is 212 g/mol. The van der Waals surface area contributed by atoms with Crippen LogP contribution in [0.2, 0.25) is 0 Å². The molecule has 2 rings (SSSR count). The van der Waals surface area contributed by atoms with Crippen LogP contribution in [-0.4, -0.2) is 14.9 Å². The van der Waals surface area contributed by atoms with E-state index in [1.165, 1.54) is 11.6 Å². The van der Waals surface area contributed by atoms with E-state index < -0.39 is 6.50 Å². The van der Waals surface area contributed by atoms with E-state index in [4.69, 9.17) is 2.74 Å². The maximum absolute atomic E-state index is 9.99. The molecule has 3 nitrogen and oxygen atoms in total. The Hall–Kier alpha value is -1.77. The summed E-state index contributed by atoms with van der Waals surface area (Å²) in [6.07, 6.45) is 3.25. The topological polar surface area (TPSA) is 38.0 Å². The van der Waals surface area contributed by atoms with E-state index in [2.05, 4.69) is 5.10 Å². The van der Waals surface area contributed by atoms with E-state index in [9.17, 15) is 5.11 Å². The van der Waals surface area contributed by atoms with Crippen molar-refractivity contribution in [2.24, 2.45) is 0 Å². The van der Waals surface area contributed by atoms with Gasteiger partial charge in [0, 0.05) is 18.3 Å². The van der Waals surface area contributed by atoms with Gasteiger partial charge in [0.2, 0.25) is 0 Å². The molecule has 0 bridgehead atoms. The molecule has 0 amide bonds. The maximum Gasteiger partial charge on any atom is 0.119 e. The lowest BCUT2D eigenvalue weighted by Crippen LogP contribution is -1.92. The molecule has 3 heteroatoms. The van der Waals surface area contributed by atoms with Gasteiger partial charge in [0.25, 0.3) is 0 Å². The van der Waals surface area contributed by atoms with Gasteiger partial charge in [-0.15, -0.1) is 0 Å². The van der Waals surface area contributed by atoms with Crippen LogP contribution in [0.1, 0.15) is 35.0 Å². The second-order valence-corrected chi connectivity index (χ2v) is 4.33. The van der Waals surface area contributed by atoms with Crippen molar-refractivity contribution >= 4 is 0 Å². The minimum atomic E-state index is -1.53. The zero-order valence-electron chi connectivity index (χ0n) is 12.3. The summed E-state index contributed by atoms with van der Waals surface area (Å²) in [6.45, 7) is 3.97. The fraction of sp³-hybridized carbons (Fsp3) is 0.357. The number of hydrogen-bond acceptors (Lipinski definition) is 2. The Morgan fingerprint density at radius 1 is 1.41 bits per heavy atom. The summed E-state index contributed by atoms with van der Waals surface area (Å²) in [5, 5.41) is 14.0. The molecule has 0 saturated heterocycles. The highest BCUT2D eigenvalue weighted by molar-refractivity contribution is 5.64. The number of hydrogen-bond donors (Lipinski definition) is 1. The standard InChI is InChI=1S/C14H18N2O/c1-4-16-9-12(8-15-16)11-5-6-13(10(2)3)14(17)7-11/h5-10,17H,4H2,1-3H3/i4D2. The van der Waals surface area contributed by atoms with Crippen molar-refractivity contribution in [2.75, 3.05) is 0 Å². The average Bonchev–Trinajstić information content (AvgIpc) is 2.76. The number of phenols is 1. The lowest BCUT2D eigenvalue weighted by Gasteiger charge is -2.09.